The second-order valence-electron chi connectivity index (χ2n) is 5.92. The van der Waals surface area contributed by atoms with Crippen molar-refractivity contribution >= 4 is 29.9 Å². The van der Waals surface area contributed by atoms with Crippen molar-refractivity contribution in [2.45, 2.75) is 31.9 Å². The van der Waals surface area contributed by atoms with Gasteiger partial charge < -0.3 is 20.5 Å². The number of carbonyl (C=O) groups is 1. The van der Waals surface area contributed by atoms with Crippen LogP contribution in [0.1, 0.15) is 18.4 Å². The molecule has 5 nitrogen and oxygen atoms in total. The Balaban J connectivity index is 0.00000264. The van der Waals surface area contributed by atoms with E-state index in [1.807, 2.05) is 19.1 Å². The first-order valence-corrected chi connectivity index (χ1v) is 7.84. The second kappa shape index (κ2) is 8.73. The zero-order valence-electron chi connectivity index (χ0n) is 13.4. The van der Waals surface area contributed by atoms with Gasteiger partial charge in [0.1, 0.15) is 12.4 Å². The molecule has 130 valence electrons. The molecule has 0 saturated heterocycles. The molecule has 3 N–H and O–H groups in total. The van der Waals surface area contributed by atoms with Gasteiger partial charge in [0.25, 0.3) is 0 Å². The highest BCUT2D eigenvalue weighted by atomic mass is 35.5. The van der Waals surface area contributed by atoms with E-state index in [0.29, 0.717) is 31.0 Å². The molecule has 1 fully saturated rings. The van der Waals surface area contributed by atoms with Gasteiger partial charge in [-0.3, -0.25) is 4.79 Å². The maximum atomic E-state index is 12.3. The van der Waals surface area contributed by atoms with Gasteiger partial charge in [-0.1, -0.05) is 11.6 Å². The Morgan fingerprint density at radius 2 is 2.17 bits per heavy atom. The molecule has 2 rings (SSSR count). The number of carbonyl (C=O) groups excluding carboxylic acids is 1. The lowest BCUT2D eigenvalue weighted by atomic mass is 10.1. The second-order valence-corrected chi connectivity index (χ2v) is 6.35. The molecule has 0 spiro atoms. The quantitative estimate of drug-likeness (QED) is 0.839. The fraction of sp³-hybridized carbons (Fsp3) is 0.562. The minimum atomic E-state index is -0.574. The van der Waals surface area contributed by atoms with E-state index in [4.69, 9.17) is 22.1 Å². The molecular formula is C16H24Cl2N2O3. The highest BCUT2D eigenvalue weighted by molar-refractivity contribution is 6.30. The van der Waals surface area contributed by atoms with Crippen LogP contribution in [0.3, 0.4) is 0 Å². The summed E-state index contributed by atoms with van der Waals surface area (Å²) in [4.78, 5) is 13.9. The Hall–Kier alpha value is -1.01. The van der Waals surface area contributed by atoms with Crippen molar-refractivity contribution in [1.29, 1.82) is 0 Å². The van der Waals surface area contributed by atoms with E-state index in [9.17, 15) is 9.90 Å². The van der Waals surface area contributed by atoms with Crippen molar-refractivity contribution in [2.24, 2.45) is 11.7 Å². The smallest absolute Gasteiger partial charge is 0.225 e. The van der Waals surface area contributed by atoms with Crippen molar-refractivity contribution in [2.75, 3.05) is 20.2 Å². The number of rotatable bonds is 5. The van der Waals surface area contributed by atoms with E-state index in [1.165, 1.54) is 0 Å². The minimum absolute atomic E-state index is 0. The average molecular weight is 363 g/mol. The first-order valence-electron chi connectivity index (χ1n) is 7.46. The normalized spacial score (nSPS) is 23.3. The van der Waals surface area contributed by atoms with Crippen LogP contribution in [0.2, 0.25) is 5.02 Å². The van der Waals surface area contributed by atoms with Gasteiger partial charge in [-0.2, -0.15) is 0 Å². The van der Waals surface area contributed by atoms with Crippen LogP contribution in [0.25, 0.3) is 0 Å². The Bertz CT molecular complexity index is 532. The molecule has 1 aliphatic rings. The monoisotopic (exact) mass is 362 g/mol. The van der Waals surface area contributed by atoms with Crippen LogP contribution >= 0.6 is 24.0 Å². The summed E-state index contributed by atoms with van der Waals surface area (Å²) >= 11 is 5.90. The van der Waals surface area contributed by atoms with Crippen LogP contribution in [0.4, 0.5) is 0 Å². The Morgan fingerprint density at radius 3 is 2.74 bits per heavy atom. The van der Waals surface area contributed by atoms with Crippen molar-refractivity contribution in [1.82, 2.24) is 4.90 Å². The molecule has 0 unspecified atom stereocenters. The van der Waals surface area contributed by atoms with Gasteiger partial charge in [-0.15, -0.1) is 12.4 Å². The molecule has 1 aliphatic carbocycles. The fourth-order valence-electron chi connectivity index (χ4n) is 2.74. The molecule has 1 aromatic rings. The number of hydrogen-bond acceptors (Lipinski definition) is 4. The molecule has 0 aromatic heterocycles. The highest BCUT2D eigenvalue weighted by Gasteiger charge is 2.35. The molecule has 1 amide bonds. The van der Waals surface area contributed by atoms with Gasteiger partial charge in [-0.05, 0) is 43.5 Å². The maximum absolute atomic E-state index is 12.3. The standard InChI is InChI=1S/C16H23ClN2O3.ClH/c1-10-7-12(17)3-4-15(10)22-6-5-19(2)16(21)11-8-13(18)14(20)9-11;/h3-4,7,11,13-14,20H,5-6,8-9,18H2,1-2H3;1H/t11-,13+,14+;/m0./s1. The summed E-state index contributed by atoms with van der Waals surface area (Å²) in [6.07, 6.45) is 0.415. The third-order valence-corrected chi connectivity index (χ3v) is 4.36. The molecule has 0 radical (unpaired) electrons. The minimum Gasteiger partial charge on any atom is -0.491 e. The first-order chi connectivity index (χ1) is 10.4. The molecule has 3 atom stereocenters. The van der Waals surface area contributed by atoms with Gasteiger partial charge in [0, 0.05) is 24.0 Å². The summed E-state index contributed by atoms with van der Waals surface area (Å²) in [5.41, 5.74) is 6.72. The number of nitrogens with zero attached hydrogens (tertiary/aromatic N) is 1. The predicted octanol–water partition coefficient (Wildman–Crippen LogP) is 2.01. The Kier molecular flexibility index (Phi) is 7.61. The number of likely N-dealkylation sites (N-methyl/N-ethyl adjacent to an activating group) is 1. The summed E-state index contributed by atoms with van der Waals surface area (Å²) in [7, 11) is 1.75. The Labute approximate surface area is 148 Å². The number of benzene rings is 1. The van der Waals surface area contributed by atoms with Gasteiger partial charge in [0.05, 0.1) is 12.6 Å². The molecule has 0 aliphatic heterocycles. The van der Waals surface area contributed by atoms with E-state index < -0.39 is 6.10 Å². The predicted molar refractivity (Wildman–Crippen MR) is 93.3 cm³/mol. The number of nitrogens with two attached hydrogens (primary N) is 1. The van der Waals surface area contributed by atoms with Gasteiger partial charge in [0.2, 0.25) is 5.91 Å². The number of aliphatic hydroxyl groups excluding tert-OH is 1. The number of ether oxygens (including phenoxy) is 1. The lowest BCUT2D eigenvalue weighted by molar-refractivity contribution is -0.134. The fourth-order valence-corrected chi connectivity index (χ4v) is 2.97. The summed E-state index contributed by atoms with van der Waals surface area (Å²) in [5.74, 6) is 0.597. The van der Waals surface area contributed by atoms with Crippen LogP contribution in [-0.2, 0) is 4.79 Å². The summed E-state index contributed by atoms with van der Waals surface area (Å²) in [6, 6.07) is 5.15. The molecule has 1 saturated carbocycles. The number of hydrogen-bond donors (Lipinski definition) is 2. The van der Waals surface area contributed by atoms with Gasteiger partial charge >= 0.3 is 0 Å². The topological polar surface area (TPSA) is 75.8 Å². The van der Waals surface area contributed by atoms with Crippen molar-refractivity contribution in [3.8, 4) is 5.75 Å². The molecule has 7 heteroatoms. The number of aryl methyl sites for hydroxylation is 1. The third-order valence-electron chi connectivity index (χ3n) is 4.12. The number of aliphatic hydroxyl groups is 1. The lowest BCUT2D eigenvalue weighted by Gasteiger charge is -2.21. The molecule has 23 heavy (non-hydrogen) atoms. The van der Waals surface area contributed by atoms with Crippen LogP contribution in [0.15, 0.2) is 18.2 Å². The molecule has 0 heterocycles. The zero-order chi connectivity index (χ0) is 16.3. The van der Waals surface area contributed by atoms with Gasteiger partial charge in [0.15, 0.2) is 0 Å². The SMILES string of the molecule is Cc1cc(Cl)ccc1OCCN(C)C(=O)[C@H]1C[C@@H](N)[C@H](O)C1.Cl. The number of halogens is 2. The van der Waals surface area contributed by atoms with Crippen molar-refractivity contribution in [3.63, 3.8) is 0 Å². The van der Waals surface area contributed by atoms with Crippen LogP contribution in [0.5, 0.6) is 5.75 Å². The first kappa shape index (κ1) is 20.0. The Morgan fingerprint density at radius 1 is 1.48 bits per heavy atom. The van der Waals surface area contributed by atoms with Crippen molar-refractivity contribution in [3.05, 3.63) is 28.8 Å². The molecular weight excluding hydrogens is 339 g/mol. The van der Waals surface area contributed by atoms with E-state index in [-0.39, 0.29) is 30.3 Å². The van der Waals surface area contributed by atoms with Crippen LogP contribution in [0, 0.1) is 12.8 Å². The molecule has 1 aromatic carbocycles. The largest absolute Gasteiger partial charge is 0.491 e. The highest BCUT2D eigenvalue weighted by Crippen LogP contribution is 2.26. The molecule has 0 bridgehead atoms. The number of amides is 1. The maximum Gasteiger partial charge on any atom is 0.225 e. The van der Waals surface area contributed by atoms with Gasteiger partial charge in [-0.25, -0.2) is 0 Å². The van der Waals surface area contributed by atoms with E-state index in [1.54, 1.807) is 18.0 Å². The van der Waals surface area contributed by atoms with Crippen LogP contribution < -0.4 is 10.5 Å². The zero-order valence-corrected chi connectivity index (χ0v) is 14.9. The summed E-state index contributed by atoms with van der Waals surface area (Å²) in [6.45, 7) is 2.83. The lowest BCUT2D eigenvalue weighted by Crippen LogP contribution is -2.35. The third kappa shape index (κ3) is 5.24. The van der Waals surface area contributed by atoms with E-state index in [2.05, 4.69) is 0 Å². The van der Waals surface area contributed by atoms with E-state index >= 15 is 0 Å². The summed E-state index contributed by atoms with van der Waals surface area (Å²) in [5, 5.41) is 10.3. The van der Waals surface area contributed by atoms with Crippen molar-refractivity contribution < 1.29 is 14.6 Å². The van der Waals surface area contributed by atoms with Crippen LogP contribution in [-0.4, -0.2) is 48.3 Å². The average Bonchev–Trinajstić information content (AvgIpc) is 2.80. The van der Waals surface area contributed by atoms with E-state index in [0.717, 1.165) is 11.3 Å². The summed E-state index contributed by atoms with van der Waals surface area (Å²) < 4.78 is 5.69.